The molecule has 2 heteroatoms. The van der Waals surface area contributed by atoms with Crippen LogP contribution in [0.4, 0.5) is 0 Å². The zero-order valence-corrected chi connectivity index (χ0v) is 8.18. The molecule has 1 spiro atoms. The van der Waals surface area contributed by atoms with Crippen molar-refractivity contribution in [3.8, 4) is 0 Å². The minimum absolute atomic E-state index is 0.284. The molecule has 2 fully saturated rings. The Hall–Kier alpha value is -0.0800. The summed E-state index contributed by atoms with van der Waals surface area (Å²) < 4.78 is 5.92. The molecule has 0 N–H and O–H groups in total. The van der Waals surface area contributed by atoms with Gasteiger partial charge in [0, 0.05) is 19.7 Å². The van der Waals surface area contributed by atoms with E-state index in [1.165, 1.54) is 32.4 Å². The molecule has 2 nitrogen and oxygen atoms in total. The van der Waals surface area contributed by atoms with Crippen molar-refractivity contribution in [1.29, 1.82) is 0 Å². The van der Waals surface area contributed by atoms with Crippen molar-refractivity contribution in [2.45, 2.75) is 31.8 Å². The summed E-state index contributed by atoms with van der Waals surface area (Å²) in [4.78, 5) is 2.40. The summed E-state index contributed by atoms with van der Waals surface area (Å²) in [6.07, 6.45) is 3.78. The normalized spacial score (nSPS) is 36.0. The van der Waals surface area contributed by atoms with Crippen LogP contribution in [0.15, 0.2) is 0 Å². The van der Waals surface area contributed by atoms with Gasteiger partial charge >= 0.3 is 0 Å². The van der Waals surface area contributed by atoms with Gasteiger partial charge < -0.3 is 9.64 Å². The first-order chi connectivity index (χ1) is 5.70. The topological polar surface area (TPSA) is 12.5 Å². The molecule has 0 bridgehead atoms. The van der Waals surface area contributed by atoms with Crippen LogP contribution in [0.1, 0.15) is 26.2 Å². The Morgan fingerprint density at radius 3 is 2.50 bits per heavy atom. The minimum atomic E-state index is 0.284. The van der Waals surface area contributed by atoms with E-state index in [1.807, 2.05) is 0 Å². The standard InChI is InChI=1S/C10H19NO/c1-9-7-10(12-8-9)3-5-11(2)6-4-10/h9H,3-8H2,1-2H3/t9-/m0/s1. The van der Waals surface area contributed by atoms with E-state index < -0.39 is 0 Å². The van der Waals surface area contributed by atoms with Crippen LogP contribution in [0.25, 0.3) is 0 Å². The average molecular weight is 169 g/mol. The third-order valence-corrected chi connectivity index (χ3v) is 3.29. The third-order valence-electron chi connectivity index (χ3n) is 3.29. The Kier molecular flexibility index (Phi) is 2.13. The highest BCUT2D eigenvalue weighted by Gasteiger charge is 2.40. The molecule has 2 rings (SSSR count). The molecule has 2 saturated heterocycles. The number of likely N-dealkylation sites (tertiary alicyclic amines) is 1. The Morgan fingerprint density at radius 1 is 1.33 bits per heavy atom. The second-order valence-corrected chi connectivity index (χ2v) is 4.61. The molecular formula is C10H19NO. The van der Waals surface area contributed by atoms with Gasteiger partial charge in [-0.05, 0) is 32.2 Å². The second kappa shape index (κ2) is 3.00. The van der Waals surface area contributed by atoms with Gasteiger partial charge in [0.25, 0.3) is 0 Å². The molecule has 0 unspecified atom stereocenters. The summed E-state index contributed by atoms with van der Waals surface area (Å²) >= 11 is 0. The summed E-state index contributed by atoms with van der Waals surface area (Å²) in [7, 11) is 2.20. The van der Waals surface area contributed by atoms with E-state index in [0.29, 0.717) is 0 Å². The van der Waals surface area contributed by atoms with E-state index in [0.717, 1.165) is 12.5 Å². The van der Waals surface area contributed by atoms with Crippen molar-refractivity contribution in [2.75, 3.05) is 26.7 Å². The third kappa shape index (κ3) is 1.50. The molecular weight excluding hydrogens is 150 g/mol. The average Bonchev–Trinajstić information content (AvgIpc) is 2.40. The first-order valence-corrected chi connectivity index (χ1v) is 5.03. The molecule has 2 heterocycles. The van der Waals surface area contributed by atoms with Crippen molar-refractivity contribution in [3.63, 3.8) is 0 Å². The maximum atomic E-state index is 5.92. The molecule has 0 saturated carbocycles. The lowest BCUT2D eigenvalue weighted by Crippen LogP contribution is -2.42. The molecule has 1 atom stereocenters. The molecule has 70 valence electrons. The van der Waals surface area contributed by atoms with E-state index in [4.69, 9.17) is 4.74 Å². The zero-order valence-electron chi connectivity index (χ0n) is 8.18. The van der Waals surface area contributed by atoms with Crippen molar-refractivity contribution < 1.29 is 4.74 Å². The van der Waals surface area contributed by atoms with Crippen molar-refractivity contribution in [2.24, 2.45) is 5.92 Å². The van der Waals surface area contributed by atoms with Crippen LogP contribution in [0.5, 0.6) is 0 Å². The summed E-state index contributed by atoms with van der Waals surface area (Å²) in [5, 5.41) is 0. The maximum absolute atomic E-state index is 5.92. The highest BCUT2D eigenvalue weighted by Crippen LogP contribution is 2.37. The fourth-order valence-corrected chi connectivity index (χ4v) is 2.45. The number of hydrogen-bond donors (Lipinski definition) is 0. The smallest absolute Gasteiger partial charge is 0.0710 e. The van der Waals surface area contributed by atoms with Gasteiger partial charge in [0.05, 0.1) is 5.60 Å². The fraction of sp³-hybridized carbons (Fsp3) is 1.00. The Balaban J connectivity index is 1.95. The molecule has 2 aliphatic rings. The lowest BCUT2D eigenvalue weighted by molar-refractivity contribution is -0.0394. The predicted octanol–water partition coefficient (Wildman–Crippen LogP) is 1.51. The highest BCUT2D eigenvalue weighted by atomic mass is 16.5. The van der Waals surface area contributed by atoms with Crippen LogP contribution in [-0.2, 0) is 4.74 Å². The van der Waals surface area contributed by atoms with Crippen molar-refractivity contribution in [1.82, 2.24) is 4.90 Å². The van der Waals surface area contributed by atoms with Crippen LogP contribution in [0.2, 0.25) is 0 Å². The van der Waals surface area contributed by atoms with Crippen LogP contribution in [0.3, 0.4) is 0 Å². The summed E-state index contributed by atoms with van der Waals surface area (Å²) in [5.41, 5.74) is 0.284. The predicted molar refractivity (Wildman–Crippen MR) is 49.2 cm³/mol. The van der Waals surface area contributed by atoms with E-state index in [1.54, 1.807) is 0 Å². The lowest BCUT2D eigenvalue weighted by atomic mass is 9.86. The molecule has 0 amide bonds. The van der Waals surface area contributed by atoms with Crippen LogP contribution < -0.4 is 0 Å². The first-order valence-electron chi connectivity index (χ1n) is 5.03. The molecule has 2 aliphatic heterocycles. The number of hydrogen-bond acceptors (Lipinski definition) is 2. The quantitative estimate of drug-likeness (QED) is 0.545. The van der Waals surface area contributed by atoms with E-state index in [-0.39, 0.29) is 5.60 Å². The molecule has 0 aromatic carbocycles. The number of ether oxygens (including phenoxy) is 1. The Labute approximate surface area is 74.9 Å². The minimum Gasteiger partial charge on any atom is -0.375 e. The monoisotopic (exact) mass is 169 g/mol. The second-order valence-electron chi connectivity index (χ2n) is 4.61. The van der Waals surface area contributed by atoms with E-state index in [9.17, 15) is 0 Å². The maximum Gasteiger partial charge on any atom is 0.0710 e. The van der Waals surface area contributed by atoms with Gasteiger partial charge in [0.2, 0.25) is 0 Å². The molecule has 0 aromatic rings. The summed E-state index contributed by atoms with van der Waals surface area (Å²) in [6, 6.07) is 0. The van der Waals surface area contributed by atoms with Gasteiger partial charge in [0.15, 0.2) is 0 Å². The van der Waals surface area contributed by atoms with E-state index >= 15 is 0 Å². The summed E-state index contributed by atoms with van der Waals surface area (Å²) in [5.74, 6) is 0.786. The number of nitrogens with zero attached hydrogens (tertiary/aromatic N) is 1. The van der Waals surface area contributed by atoms with Gasteiger partial charge in [-0.15, -0.1) is 0 Å². The highest BCUT2D eigenvalue weighted by molar-refractivity contribution is 4.91. The number of piperidine rings is 1. The lowest BCUT2D eigenvalue weighted by Gasteiger charge is -2.37. The van der Waals surface area contributed by atoms with Gasteiger partial charge in [0.1, 0.15) is 0 Å². The van der Waals surface area contributed by atoms with Crippen LogP contribution >= 0.6 is 0 Å². The van der Waals surface area contributed by atoms with Crippen LogP contribution in [-0.4, -0.2) is 37.2 Å². The molecule has 0 aliphatic carbocycles. The van der Waals surface area contributed by atoms with Crippen molar-refractivity contribution >= 4 is 0 Å². The van der Waals surface area contributed by atoms with Gasteiger partial charge in [-0.1, -0.05) is 6.92 Å². The van der Waals surface area contributed by atoms with Gasteiger partial charge in [-0.25, -0.2) is 0 Å². The van der Waals surface area contributed by atoms with Crippen molar-refractivity contribution in [3.05, 3.63) is 0 Å². The largest absolute Gasteiger partial charge is 0.375 e. The van der Waals surface area contributed by atoms with Gasteiger partial charge in [-0.3, -0.25) is 0 Å². The summed E-state index contributed by atoms with van der Waals surface area (Å²) in [6.45, 7) is 5.72. The first kappa shape index (κ1) is 8.52. The fourth-order valence-electron chi connectivity index (χ4n) is 2.45. The zero-order chi connectivity index (χ0) is 8.60. The van der Waals surface area contributed by atoms with Gasteiger partial charge in [-0.2, -0.15) is 0 Å². The Morgan fingerprint density at radius 2 is 2.00 bits per heavy atom. The Bertz CT molecular complexity index is 161. The molecule has 0 radical (unpaired) electrons. The molecule has 12 heavy (non-hydrogen) atoms. The SMILES string of the molecule is C[C@@H]1COC2(CCN(C)CC2)C1. The molecule has 0 aromatic heterocycles. The van der Waals surface area contributed by atoms with Crippen LogP contribution in [0, 0.1) is 5.92 Å². The van der Waals surface area contributed by atoms with E-state index in [2.05, 4.69) is 18.9 Å². The number of rotatable bonds is 0.